The van der Waals surface area contributed by atoms with Crippen LogP contribution in [0.15, 0.2) is 4.42 Å². The second-order valence-electron chi connectivity index (χ2n) is 6.19. The maximum absolute atomic E-state index is 6.04. The summed E-state index contributed by atoms with van der Waals surface area (Å²) in [5.74, 6) is 2.26. The third-order valence-corrected chi connectivity index (χ3v) is 5.29. The molecule has 3 rings (SSSR count). The van der Waals surface area contributed by atoms with Gasteiger partial charge in [0.1, 0.15) is 0 Å². The van der Waals surface area contributed by atoms with Crippen molar-refractivity contribution in [1.82, 2.24) is 10.2 Å². The molecule has 2 aliphatic carbocycles. The average molecular weight is 392 g/mol. The van der Waals surface area contributed by atoms with Crippen molar-refractivity contribution < 1.29 is 33.1 Å². The fourth-order valence-corrected chi connectivity index (χ4v) is 4.00. The van der Waals surface area contributed by atoms with Gasteiger partial charge in [-0.1, -0.05) is 50.8 Å². The molecule has 0 spiro atoms. The van der Waals surface area contributed by atoms with Crippen molar-refractivity contribution in [2.45, 2.75) is 75.7 Å². The van der Waals surface area contributed by atoms with Crippen molar-refractivity contribution in [3.63, 3.8) is 0 Å². The molecule has 0 saturated heterocycles. The predicted octanol–water partition coefficient (Wildman–Crippen LogP) is 4.66. The zero-order chi connectivity index (χ0) is 15.2. The van der Waals surface area contributed by atoms with Gasteiger partial charge in [0.05, 0.1) is 7.11 Å². The molecule has 0 aliphatic heterocycles. The van der Waals surface area contributed by atoms with Gasteiger partial charge in [-0.3, -0.25) is 0 Å². The number of hydrogen-bond donors (Lipinski definition) is 0. The molecule has 8 heteroatoms. The average Bonchev–Trinajstić information content (AvgIpc) is 3.06. The maximum Gasteiger partial charge on any atom is 0.219 e. The van der Waals surface area contributed by atoms with Crippen LogP contribution in [0.3, 0.4) is 0 Å². The second kappa shape index (κ2) is 10.1. The van der Waals surface area contributed by atoms with E-state index in [-0.39, 0.29) is 31.4 Å². The van der Waals surface area contributed by atoms with Gasteiger partial charge < -0.3 is 9.14 Å². The summed E-state index contributed by atoms with van der Waals surface area (Å²) in [6, 6.07) is 0.161. The fraction of sp³-hybridized carbons (Fsp3) is 0.867. The van der Waals surface area contributed by atoms with E-state index in [1.807, 2.05) is 0 Å². The van der Waals surface area contributed by atoms with Gasteiger partial charge in [-0.05, 0) is 19.3 Å². The van der Waals surface area contributed by atoms with E-state index in [4.69, 9.17) is 8.75 Å². The SMILES string of the molecule is COOS[N-]C1CCCCC1c1nnc(C2CCCCC2)o1.[Zn]. The first-order valence-corrected chi connectivity index (χ1v) is 8.98. The Morgan fingerprint density at radius 2 is 1.70 bits per heavy atom. The molecule has 1 aromatic rings. The zero-order valence-corrected chi connectivity index (χ0v) is 17.6. The van der Waals surface area contributed by atoms with Gasteiger partial charge in [0.2, 0.25) is 11.8 Å². The van der Waals surface area contributed by atoms with Crippen LogP contribution in [0.25, 0.3) is 4.72 Å². The van der Waals surface area contributed by atoms with Crippen molar-refractivity contribution in [2.75, 3.05) is 7.11 Å². The number of aromatic nitrogens is 2. The molecule has 2 aliphatic rings. The normalized spacial score (nSPS) is 26.0. The Morgan fingerprint density at radius 3 is 2.48 bits per heavy atom. The first kappa shape index (κ1) is 19.3. The number of rotatable bonds is 6. The van der Waals surface area contributed by atoms with Crippen molar-refractivity contribution in [1.29, 1.82) is 0 Å². The van der Waals surface area contributed by atoms with Gasteiger partial charge in [0.15, 0.2) is 0 Å². The Labute approximate surface area is 154 Å². The Hall–Kier alpha value is -0.00662. The molecule has 0 N–H and O–H groups in total. The first-order valence-electron chi connectivity index (χ1n) is 8.28. The summed E-state index contributed by atoms with van der Waals surface area (Å²) in [6.45, 7) is 0. The molecule has 2 atom stereocenters. The fourth-order valence-electron chi connectivity index (χ4n) is 3.54. The standard InChI is InChI=1S/C15H24N3O3S.Zn/c1-19-21-22-18-13-10-6-5-9-12(13)15-17-16-14(20-15)11-7-3-2-4-8-11;/h11-13H,2-10H2,1H3;/q-1;. The van der Waals surface area contributed by atoms with Crippen molar-refractivity contribution in [2.24, 2.45) is 0 Å². The van der Waals surface area contributed by atoms with Crippen LogP contribution in [0.4, 0.5) is 0 Å². The van der Waals surface area contributed by atoms with E-state index in [9.17, 15) is 0 Å². The van der Waals surface area contributed by atoms with E-state index >= 15 is 0 Å². The Morgan fingerprint density at radius 1 is 1.00 bits per heavy atom. The van der Waals surface area contributed by atoms with Crippen LogP contribution >= 0.6 is 12.2 Å². The molecule has 0 aromatic carbocycles. The molecule has 0 bridgehead atoms. The molecule has 23 heavy (non-hydrogen) atoms. The van der Waals surface area contributed by atoms with Crippen molar-refractivity contribution >= 4 is 12.2 Å². The largest absolute Gasteiger partial charge is 0.575 e. The van der Waals surface area contributed by atoms with Crippen LogP contribution in [0.2, 0.25) is 0 Å². The first-order chi connectivity index (χ1) is 10.9. The summed E-state index contributed by atoms with van der Waals surface area (Å²) in [5, 5.41) is 8.66. The quantitative estimate of drug-likeness (QED) is 0.175. The molecule has 2 fully saturated rings. The Balaban J connectivity index is 0.00000192. The molecule has 2 saturated carbocycles. The summed E-state index contributed by atoms with van der Waals surface area (Å²) in [4.78, 5) is 4.58. The summed E-state index contributed by atoms with van der Waals surface area (Å²) in [6.07, 6.45) is 10.7. The third kappa shape index (κ3) is 5.23. The van der Waals surface area contributed by atoms with E-state index < -0.39 is 0 Å². The van der Waals surface area contributed by atoms with Crippen molar-refractivity contribution in [3.05, 3.63) is 16.5 Å². The molecule has 0 amide bonds. The van der Waals surface area contributed by atoms with Gasteiger partial charge in [-0.25, -0.2) is 4.89 Å². The van der Waals surface area contributed by atoms with Crippen LogP contribution in [0, 0.1) is 0 Å². The minimum Gasteiger partial charge on any atom is -0.575 e. The van der Waals surface area contributed by atoms with Crippen LogP contribution in [0.5, 0.6) is 0 Å². The number of nitrogens with zero attached hydrogens (tertiary/aromatic N) is 3. The van der Waals surface area contributed by atoms with E-state index in [0.29, 0.717) is 5.92 Å². The molecule has 126 valence electrons. The molecule has 6 nitrogen and oxygen atoms in total. The van der Waals surface area contributed by atoms with Gasteiger partial charge in [0, 0.05) is 31.3 Å². The van der Waals surface area contributed by atoms with Gasteiger partial charge in [-0.2, -0.15) is 4.33 Å². The monoisotopic (exact) mass is 390 g/mol. The Kier molecular flexibility index (Phi) is 8.48. The topological polar surface area (TPSA) is 71.5 Å². The Bertz CT molecular complexity index is 457. The van der Waals surface area contributed by atoms with Gasteiger partial charge in [-0.15, -0.1) is 16.2 Å². The molecule has 1 aromatic heterocycles. The number of hydrogen-bond acceptors (Lipinski definition) is 6. The summed E-state index contributed by atoms with van der Waals surface area (Å²) < 4.78 is 15.3. The van der Waals surface area contributed by atoms with Crippen LogP contribution in [-0.2, 0) is 28.7 Å². The van der Waals surface area contributed by atoms with E-state index in [2.05, 4.69) is 19.8 Å². The van der Waals surface area contributed by atoms with Crippen LogP contribution < -0.4 is 0 Å². The summed E-state index contributed by atoms with van der Waals surface area (Å²) in [7, 11) is 1.48. The molecular formula is C15H24N3O3SZn-. The smallest absolute Gasteiger partial charge is 0.219 e. The molecule has 0 radical (unpaired) electrons. The van der Waals surface area contributed by atoms with Gasteiger partial charge >= 0.3 is 0 Å². The van der Waals surface area contributed by atoms with Gasteiger partial charge in [0.25, 0.3) is 0 Å². The summed E-state index contributed by atoms with van der Waals surface area (Å²) in [5.41, 5.74) is 0. The zero-order valence-electron chi connectivity index (χ0n) is 13.8. The minimum atomic E-state index is 0. The molecule has 1 heterocycles. The second-order valence-corrected chi connectivity index (χ2v) is 6.68. The van der Waals surface area contributed by atoms with Crippen LogP contribution in [-0.4, -0.2) is 23.3 Å². The van der Waals surface area contributed by atoms with E-state index in [1.165, 1.54) is 52.1 Å². The molecule has 2 unspecified atom stereocenters. The van der Waals surface area contributed by atoms with Crippen LogP contribution in [0.1, 0.15) is 81.4 Å². The minimum absolute atomic E-state index is 0. The summed E-state index contributed by atoms with van der Waals surface area (Å²) >= 11 is 1.01. The third-order valence-electron chi connectivity index (χ3n) is 4.73. The van der Waals surface area contributed by atoms with E-state index in [0.717, 1.165) is 36.9 Å². The maximum atomic E-state index is 6.04. The van der Waals surface area contributed by atoms with Crippen molar-refractivity contribution in [3.8, 4) is 0 Å². The predicted molar refractivity (Wildman–Crippen MR) is 84.2 cm³/mol. The van der Waals surface area contributed by atoms with E-state index in [1.54, 1.807) is 0 Å². The molecular weight excluding hydrogens is 368 g/mol.